The molecule has 0 radical (unpaired) electrons. The smallest absolute Gasteiger partial charge is 0.267 e. The van der Waals surface area contributed by atoms with Crippen molar-refractivity contribution in [3.8, 4) is 0 Å². The van der Waals surface area contributed by atoms with Gasteiger partial charge in [-0.25, -0.2) is 24.2 Å². The summed E-state index contributed by atoms with van der Waals surface area (Å²) in [4.78, 5) is 8.69. The Bertz CT molecular complexity index is 700. The Morgan fingerprint density at radius 1 is 1.37 bits per heavy atom. The number of nitrogen functional groups attached to an aromatic ring is 1. The fourth-order valence-corrected chi connectivity index (χ4v) is 3.84. The molecule has 0 aromatic carbocycles. The lowest BCUT2D eigenvalue weighted by molar-refractivity contribution is 0.601. The van der Waals surface area contributed by atoms with Crippen molar-refractivity contribution in [2.24, 2.45) is 5.84 Å². The third kappa shape index (κ3) is 3.21. The third-order valence-corrected chi connectivity index (χ3v) is 4.83. The molecule has 0 spiro atoms. The number of anilines is 2. The highest BCUT2D eigenvalue weighted by atomic mass is 79.9. The number of hydrogen-bond acceptors (Lipinski definition) is 7. The lowest BCUT2D eigenvalue weighted by Gasteiger charge is -2.09. The maximum Gasteiger partial charge on any atom is 0.267 e. The molecule has 2 rings (SSSR count). The van der Waals surface area contributed by atoms with Crippen molar-refractivity contribution in [3.63, 3.8) is 0 Å². The summed E-state index contributed by atoms with van der Waals surface area (Å²) in [5.41, 5.74) is 2.25. The average molecular weight is 364 g/mol. The molecule has 2 heterocycles. The van der Waals surface area contributed by atoms with E-state index < -0.39 is 10.0 Å². The highest BCUT2D eigenvalue weighted by Crippen LogP contribution is 2.26. The first-order chi connectivity index (χ1) is 8.92. The first-order valence-electron chi connectivity index (χ1n) is 5.00. The molecular formula is C9H10BrN5O2S2. The van der Waals surface area contributed by atoms with Gasteiger partial charge in [-0.3, -0.25) is 4.72 Å². The van der Waals surface area contributed by atoms with Crippen molar-refractivity contribution in [1.29, 1.82) is 0 Å². The topological polar surface area (TPSA) is 110 Å². The van der Waals surface area contributed by atoms with E-state index in [-0.39, 0.29) is 10.7 Å². The molecule has 0 aliphatic heterocycles. The molecule has 0 saturated heterocycles. The minimum Gasteiger partial charge on any atom is -0.307 e. The van der Waals surface area contributed by atoms with E-state index in [1.165, 1.54) is 23.6 Å². The van der Waals surface area contributed by atoms with E-state index in [4.69, 9.17) is 5.84 Å². The summed E-state index contributed by atoms with van der Waals surface area (Å²) in [6.45, 7) is 1.84. The van der Waals surface area contributed by atoms with Gasteiger partial charge in [-0.2, -0.15) is 0 Å². The summed E-state index contributed by atoms with van der Waals surface area (Å²) in [5, 5.41) is 0.292. The highest BCUT2D eigenvalue weighted by molar-refractivity contribution is 9.10. The zero-order valence-corrected chi connectivity index (χ0v) is 12.9. The average Bonchev–Trinajstić information content (AvgIpc) is 2.74. The Morgan fingerprint density at radius 3 is 2.68 bits per heavy atom. The van der Waals surface area contributed by atoms with E-state index in [1.54, 1.807) is 6.20 Å². The standard InChI is InChI=1S/C9H10BrN5O2S2/c1-5-3-13-9(18-5)15-19(16,17)7-2-6(10)4-12-8(7)14-11/h2-4H,11H2,1H3,(H,12,14)(H,13,15). The number of thiazole rings is 1. The van der Waals surface area contributed by atoms with Crippen LogP contribution >= 0.6 is 27.3 Å². The second kappa shape index (κ2) is 5.41. The molecular weight excluding hydrogens is 354 g/mol. The number of aryl methyl sites for hydroxylation is 1. The first-order valence-corrected chi connectivity index (χ1v) is 8.09. The van der Waals surface area contributed by atoms with Gasteiger partial charge in [0, 0.05) is 21.7 Å². The van der Waals surface area contributed by atoms with E-state index in [2.05, 4.69) is 36.0 Å². The second-order valence-electron chi connectivity index (χ2n) is 3.53. The fourth-order valence-electron chi connectivity index (χ4n) is 1.31. The van der Waals surface area contributed by atoms with E-state index in [0.29, 0.717) is 9.60 Å². The van der Waals surface area contributed by atoms with Crippen LogP contribution < -0.4 is 16.0 Å². The van der Waals surface area contributed by atoms with Crippen molar-refractivity contribution in [2.75, 3.05) is 10.1 Å². The van der Waals surface area contributed by atoms with Gasteiger partial charge in [0.15, 0.2) is 10.9 Å². The van der Waals surface area contributed by atoms with Crippen LogP contribution in [0.2, 0.25) is 0 Å². The summed E-state index contributed by atoms with van der Waals surface area (Å²) >= 11 is 4.41. The molecule has 0 unspecified atom stereocenters. The predicted octanol–water partition coefficient (Wildman–Crippen LogP) is 1.70. The van der Waals surface area contributed by atoms with Crippen molar-refractivity contribution >= 4 is 48.2 Å². The number of sulfonamides is 1. The van der Waals surface area contributed by atoms with Gasteiger partial charge >= 0.3 is 0 Å². The lowest BCUT2D eigenvalue weighted by Crippen LogP contribution is -2.18. The molecule has 102 valence electrons. The molecule has 0 fully saturated rings. The van der Waals surface area contributed by atoms with Gasteiger partial charge in [0.05, 0.1) is 0 Å². The first kappa shape index (κ1) is 14.2. The third-order valence-electron chi connectivity index (χ3n) is 2.09. The maximum absolute atomic E-state index is 12.2. The molecule has 19 heavy (non-hydrogen) atoms. The van der Waals surface area contributed by atoms with Gasteiger partial charge in [-0.05, 0) is 28.9 Å². The lowest BCUT2D eigenvalue weighted by atomic mass is 10.5. The summed E-state index contributed by atoms with van der Waals surface area (Å²) in [5.74, 6) is 5.32. The number of hydrogen-bond donors (Lipinski definition) is 3. The zero-order chi connectivity index (χ0) is 14.0. The van der Waals surface area contributed by atoms with Crippen LogP contribution in [0.25, 0.3) is 0 Å². The molecule has 0 aliphatic carbocycles. The zero-order valence-electron chi connectivity index (χ0n) is 9.71. The van der Waals surface area contributed by atoms with Crippen LogP contribution in [0.15, 0.2) is 27.8 Å². The molecule has 0 bridgehead atoms. The van der Waals surface area contributed by atoms with Gasteiger partial charge in [0.1, 0.15) is 4.90 Å². The van der Waals surface area contributed by atoms with Crippen LogP contribution in [0.5, 0.6) is 0 Å². The summed E-state index contributed by atoms with van der Waals surface area (Å²) in [7, 11) is -3.80. The molecule has 2 aromatic heterocycles. The SMILES string of the molecule is Cc1cnc(NS(=O)(=O)c2cc(Br)cnc2NN)s1. The Labute approximate surface area is 122 Å². The predicted molar refractivity (Wildman–Crippen MR) is 77.4 cm³/mol. The summed E-state index contributed by atoms with van der Waals surface area (Å²) < 4.78 is 27.4. The Hall–Kier alpha value is -1.23. The molecule has 0 atom stereocenters. The van der Waals surface area contributed by atoms with Crippen molar-refractivity contribution in [3.05, 3.63) is 27.8 Å². The Kier molecular flexibility index (Phi) is 4.04. The van der Waals surface area contributed by atoms with Gasteiger partial charge < -0.3 is 5.43 Å². The molecule has 2 aromatic rings. The molecule has 0 amide bonds. The highest BCUT2D eigenvalue weighted by Gasteiger charge is 2.21. The van der Waals surface area contributed by atoms with Crippen molar-refractivity contribution in [2.45, 2.75) is 11.8 Å². The number of nitrogens with one attached hydrogen (secondary N) is 2. The van der Waals surface area contributed by atoms with Crippen LogP contribution in [0.4, 0.5) is 10.9 Å². The quantitative estimate of drug-likeness (QED) is 0.563. The number of rotatable bonds is 4. The van der Waals surface area contributed by atoms with Gasteiger partial charge in [0.2, 0.25) is 0 Å². The normalized spacial score (nSPS) is 11.3. The molecule has 10 heteroatoms. The van der Waals surface area contributed by atoms with E-state index in [0.717, 1.165) is 4.88 Å². The number of hydrazine groups is 1. The van der Waals surface area contributed by atoms with Gasteiger partial charge in [-0.15, -0.1) is 11.3 Å². The minimum absolute atomic E-state index is 0.0581. The van der Waals surface area contributed by atoms with Crippen LogP contribution in [-0.4, -0.2) is 18.4 Å². The minimum atomic E-state index is -3.80. The van der Waals surface area contributed by atoms with Crippen molar-refractivity contribution in [1.82, 2.24) is 9.97 Å². The number of pyridine rings is 1. The Balaban J connectivity index is 2.41. The monoisotopic (exact) mass is 363 g/mol. The van der Waals surface area contributed by atoms with E-state index in [1.807, 2.05) is 6.92 Å². The number of aromatic nitrogens is 2. The van der Waals surface area contributed by atoms with Gasteiger partial charge in [0.25, 0.3) is 10.0 Å². The summed E-state index contributed by atoms with van der Waals surface area (Å²) in [6.07, 6.45) is 3.03. The maximum atomic E-state index is 12.2. The number of nitrogens with two attached hydrogens (primary N) is 1. The number of halogens is 1. The second-order valence-corrected chi connectivity index (χ2v) is 7.33. The van der Waals surface area contributed by atoms with Crippen LogP contribution in [0.3, 0.4) is 0 Å². The van der Waals surface area contributed by atoms with Crippen LogP contribution in [-0.2, 0) is 10.0 Å². The Morgan fingerprint density at radius 2 is 2.11 bits per heavy atom. The molecule has 4 N–H and O–H groups in total. The van der Waals surface area contributed by atoms with E-state index >= 15 is 0 Å². The largest absolute Gasteiger partial charge is 0.307 e. The number of nitrogens with zero attached hydrogens (tertiary/aromatic N) is 2. The molecule has 0 aliphatic rings. The van der Waals surface area contributed by atoms with Crippen LogP contribution in [0.1, 0.15) is 4.88 Å². The fraction of sp³-hybridized carbons (Fsp3) is 0.111. The molecule has 0 saturated carbocycles. The van der Waals surface area contributed by atoms with E-state index in [9.17, 15) is 8.42 Å². The van der Waals surface area contributed by atoms with Crippen molar-refractivity contribution < 1.29 is 8.42 Å². The van der Waals surface area contributed by atoms with Crippen LogP contribution in [0, 0.1) is 6.92 Å². The summed E-state index contributed by atoms with van der Waals surface area (Å²) in [6, 6.07) is 1.41. The van der Waals surface area contributed by atoms with Gasteiger partial charge in [-0.1, -0.05) is 0 Å². The molecule has 7 nitrogen and oxygen atoms in total.